The van der Waals surface area contributed by atoms with Gasteiger partial charge in [-0.15, -0.1) is 6.42 Å². The van der Waals surface area contributed by atoms with E-state index in [1.165, 1.54) is 0 Å². The summed E-state index contributed by atoms with van der Waals surface area (Å²) in [7, 11) is 0. The van der Waals surface area contributed by atoms with Crippen molar-refractivity contribution in [1.82, 2.24) is 9.97 Å². The summed E-state index contributed by atoms with van der Waals surface area (Å²) in [5, 5.41) is 0. The first-order valence-electron chi connectivity index (χ1n) is 5.99. The number of aromatic amines is 1. The number of nitrogens with zero attached hydrogens (tertiary/aromatic N) is 1. The van der Waals surface area contributed by atoms with Crippen LogP contribution in [0.15, 0.2) is 48.5 Å². The van der Waals surface area contributed by atoms with Crippen LogP contribution in [0.1, 0.15) is 0 Å². The second kappa shape index (κ2) is 4.87. The third-order valence-electron chi connectivity index (χ3n) is 2.84. The molecule has 0 aliphatic rings. The Bertz CT molecular complexity index is 720. The molecule has 0 fully saturated rings. The van der Waals surface area contributed by atoms with Crippen LogP contribution in [0.4, 0.5) is 0 Å². The van der Waals surface area contributed by atoms with Crippen LogP contribution in [0.5, 0.6) is 5.75 Å². The Morgan fingerprint density at radius 3 is 2.74 bits per heavy atom. The zero-order chi connectivity index (χ0) is 13.1. The number of benzene rings is 2. The van der Waals surface area contributed by atoms with Gasteiger partial charge in [0.05, 0.1) is 16.6 Å². The molecule has 0 amide bonds. The van der Waals surface area contributed by atoms with Gasteiger partial charge in [-0.2, -0.15) is 0 Å². The van der Waals surface area contributed by atoms with E-state index < -0.39 is 0 Å². The molecular weight excluding hydrogens is 236 g/mol. The molecule has 0 saturated heterocycles. The van der Waals surface area contributed by atoms with E-state index in [9.17, 15) is 0 Å². The van der Waals surface area contributed by atoms with Gasteiger partial charge in [0.25, 0.3) is 0 Å². The summed E-state index contributed by atoms with van der Waals surface area (Å²) in [5.74, 6) is 3.99. The third kappa shape index (κ3) is 2.16. The van der Waals surface area contributed by atoms with E-state index in [0.29, 0.717) is 0 Å². The average Bonchev–Trinajstić information content (AvgIpc) is 2.89. The molecule has 3 heteroatoms. The van der Waals surface area contributed by atoms with Crippen LogP contribution >= 0.6 is 0 Å². The van der Waals surface area contributed by atoms with E-state index in [1.807, 2.05) is 48.5 Å². The van der Waals surface area contributed by atoms with Gasteiger partial charge in [-0.05, 0) is 24.3 Å². The van der Waals surface area contributed by atoms with Gasteiger partial charge in [0.2, 0.25) is 0 Å². The second-order valence-corrected chi connectivity index (χ2v) is 4.09. The van der Waals surface area contributed by atoms with Crippen molar-refractivity contribution in [2.75, 3.05) is 6.61 Å². The zero-order valence-electron chi connectivity index (χ0n) is 10.3. The van der Waals surface area contributed by atoms with Gasteiger partial charge in [0.1, 0.15) is 18.2 Å². The minimum absolute atomic E-state index is 0.247. The molecule has 0 atom stereocenters. The van der Waals surface area contributed by atoms with Gasteiger partial charge in [-0.3, -0.25) is 0 Å². The number of hydrogen-bond donors (Lipinski definition) is 1. The number of H-pyrrole nitrogens is 1. The van der Waals surface area contributed by atoms with Crippen molar-refractivity contribution in [3.63, 3.8) is 0 Å². The van der Waals surface area contributed by atoms with Crippen LogP contribution in [0.2, 0.25) is 0 Å². The second-order valence-electron chi connectivity index (χ2n) is 4.09. The number of nitrogens with one attached hydrogen (secondary N) is 1. The summed E-state index contributed by atoms with van der Waals surface area (Å²) in [6.07, 6.45) is 5.23. The Kier molecular flexibility index (Phi) is 2.91. The summed E-state index contributed by atoms with van der Waals surface area (Å²) in [4.78, 5) is 7.85. The molecule has 0 aliphatic heterocycles. The molecule has 1 N–H and O–H groups in total. The molecule has 3 aromatic rings. The van der Waals surface area contributed by atoms with Crippen molar-refractivity contribution in [3.05, 3.63) is 48.5 Å². The summed E-state index contributed by atoms with van der Waals surface area (Å²) in [6.45, 7) is 0.247. The highest BCUT2D eigenvalue weighted by Crippen LogP contribution is 2.29. The lowest BCUT2D eigenvalue weighted by Crippen LogP contribution is -1.96. The normalized spacial score (nSPS) is 10.3. The SMILES string of the molecule is C#CCOc1ccccc1-c1nc2ccccc2[nH]1. The maximum Gasteiger partial charge on any atom is 0.148 e. The lowest BCUT2D eigenvalue weighted by molar-refractivity contribution is 0.371. The van der Waals surface area contributed by atoms with E-state index in [4.69, 9.17) is 11.2 Å². The zero-order valence-corrected chi connectivity index (χ0v) is 10.3. The fourth-order valence-electron chi connectivity index (χ4n) is 1.99. The predicted molar refractivity (Wildman–Crippen MR) is 75.9 cm³/mol. The van der Waals surface area contributed by atoms with E-state index in [1.54, 1.807) is 0 Å². The molecule has 0 bridgehead atoms. The summed E-state index contributed by atoms with van der Waals surface area (Å²) < 4.78 is 5.54. The Hall–Kier alpha value is -2.73. The fraction of sp³-hybridized carbons (Fsp3) is 0.0625. The van der Waals surface area contributed by atoms with Crippen molar-refractivity contribution < 1.29 is 4.74 Å². The number of para-hydroxylation sites is 3. The van der Waals surface area contributed by atoms with Crippen molar-refractivity contribution in [1.29, 1.82) is 0 Å². The topological polar surface area (TPSA) is 37.9 Å². The number of aromatic nitrogens is 2. The fourth-order valence-corrected chi connectivity index (χ4v) is 1.99. The van der Waals surface area contributed by atoms with Gasteiger partial charge in [0, 0.05) is 0 Å². The van der Waals surface area contributed by atoms with Crippen LogP contribution in [0.3, 0.4) is 0 Å². The highest BCUT2D eigenvalue weighted by molar-refractivity contribution is 5.80. The first kappa shape index (κ1) is 11.4. The third-order valence-corrected chi connectivity index (χ3v) is 2.84. The molecule has 0 unspecified atom stereocenters. The minimum atomic E-state index is 0.247. The summed E-state index contributed by atoms with van der Waals surface area (Å²) in [6, 6.07) is 15.6. The van der Waals surface area contributed by atoms with Crippen LogP contribution in [0, 0.1) is 12.3 Å². The monoisotopic (exact) mass is 248 g/mol. The average molecular weight is 248 g/mol. The largest absolute Gasteiger partial charge is 0.480 e. The molecule has 2 aromatic carbocycles. The van der Waals surface area contributed by atoms with Crippen LogP contribution in [-0.2, 0) is 0 Å². The van der Waals surface area contributed by atoms with Crippen molar-refractivity contribution in [2.24, 2.45) is 0 Å². The molecule has 3 rings (SSSR count). The molecular formula is C16H12N2O. The maximum atomic E-state index is 5.54. The van der Waals surface area contributed by atoms with E-state index in [2.05, 4.69) is 15.9 Å². The number of ether oxygens (including phenoxy) is 1. The minimum Gasteiger partial charge on any atom is -0.480 e. The Morgan fingerprint density at radius 2 is 1.89 bits per heavy atom. The molecule has 0 aliphatic carbocycles. The smallest absolute Gasteiger partial charge is 0.148 e. The molecule has 0 saturated carbocycles. The first-order valence-corrected chi connectivity index (χ1v) is 5.99. The van der Waals surface area contributed by atoms with Crippen LogP contribution in [-0.4, -0.2) is 16.6 Å². The molecule has 1 aromatic heterocycles. The standard InChI is InChI=1S/C16H12N2O/c1-2-11-19-15-10-6-3-7-12(15)16-17-13-8-4-5-9-14(13)18-16/h1,3-10H,11H2,(H,17,18). The van der Waals surface area contributed by atoms with Gasteiger partial charge >= 0.3 is 0 Å². The van der Waals surface area contributed by atoms with Crippen molar-refractivity contribution in [2.45, 2.75) is 0 Å². The highest BCUT2D eigenvalue weighted by atomic mass is 16.5. The number of fused-ring (bicyclic) bond motifs is 1. The summed E-state index contributed by atoms with van der Waals surface area (Å²) >= 11 is 0. The van der Waals surface area contributed by atoms with Gasteiger partial charge in [-0.1, -0.05) is 30.2 Å². The molecule has 92 valence electrons. The number of imidazole rings is 1. The number of hydrogen-bond acceptors (Lipinski definition) is 2. The Balaban J connectivity index is 2.08. The van der Waals surface area contributed by atoms with E-state index in [-0.39, 0.29) is 6.61 Å². The summed E-state index contributed by atoms with van der Waals surface area (Å²) in [5.41, 5.74) is 2.85. The molecule has 1 heterocycles. The quantitative estimate of drug-likeness (QED) is 0.722. The molecule has 0 spiro atoms. The number of terminal acetylenes is 1. The number of rotatable bonds is 3. The van der Waals surface area contributed by atoms with Crippen molar-refractivity contribution >= 4 is 11.0 Å². The lowest BCUT2D eigenvalue weighted by atomic mass is 10.2. The Morgan fingerprint density at radius 1 is 1.11 bits per heavy atom. The molecule has 19 heavy (non-hydrogen) atoms. The highest BCUT2D eigenvalue weighted by Gasteiger charge is 2.09. The maximum absolute atomic E-state index is 5.54. The Labute approximate surface area is 111 Å². The van der Waals surface area contributed by atoms with Crippen molar-refractivity contribution in [3.8, 4) is 29.5 Å². The van der Waals surface area contributed by atoms with E-state index >= 15 is 0 Å². The lowest BCUT2D eigenvalue weighted by Gasteiger charge is -2.06. The molecule has 3 nitrogen and oxygen atoms in total. The molecule has 0 radical (unpaired) electrons. The predicted octanol–water partition coefficient (Wildman–Crippen LogP) is 3.24. The van der Waals surface area contributed by atoms with Crippen LogP contribution < -0.4 is 4.74 Å². The first-order chi connectivity index (χ1) is 9.38. The van der Waals surface area contributed by atoms with E-state index in [0.717, 1.165) is 28.2 Å². The van der Waals surface area contributed by atoms with Gasteiger partial charge in [-0.25, -0.2) is 4.98 Å². The van der Waals surface area contributed by atoms with Gasteiger partial charge in [0.15, 0.2) is 0 Å². The van der Waals surface area contributed by atoms with Gasteiger partial charge < -0.3 is 9.72 Å². The van der Waals surface area contributed by atoms with Crippen LogP contribution in [0.25, 0.3) is 22.4 Å².